The molecule has 0 unspecified atom stereocenters. The van der Waals surface area contributed by atoms with Crippen molar-refractivity contribution in [2.75, 3.05) is 15.8 Å². The monoisotopic (exact) mass is 446 g/mol. The SMILES string of the molecule is O=C(Nc1ccc(N([O-])[O-])cc1N(O)O)NC(C(F)(F)F)(C(F)(F)F)C(F)(F)F. The van der Waals surface area contributed by atoms with E-state index in [1.165, 1.54) is 0 Å². The number of hydrogen-bond donors (Lipinski definition) is 4. The lowest BCUT2D eigenvalue weighted by Crippen LogP contribution is -2.75. The Morgan fingerprint density at radius 3 is 1.69 bits per heavy atom. The average Bonchev–Trinajstić information content (AvgIpc) is 2.48. The number of carbonyl (C=O) groups excluding carboxylic acids is 1. The van der Waals surface area contributed by atoms with Crippen molar-refractivity contribution in [1.29, 1.82) is 0 Å². The fourth-order valence-electron chi connectivity index (χ4n) is 1.92. The van der Waals surface area contributed by atoms with Gasteiger partial charge in [-0.15, -0.1) is 5.23 Å². The van der Waals surface area contributed by atoms with Gasteiger partial charge in [-0.25, -0.2) is 4.79 Å². The normalized spacial score (nSPS) is 13.1. The van der Waals surface area contributed by atoms with Crippen molar-refractivity contribution in [2.24, 2.45) is 0 Å². The summed E-state index contributed by atoms with van der Waals surface area (Å²) in [6.07, 6.45) is -21.3. The van der Waals surface area contributed by atoms with Gasteiger partial charge in [0.05, 0.1) is 5.69 Å². The second-order valence-electron chi connectivity index (χ2n) is 5.07. The summed E-state index contributed by atoms with van der Waals surface area (Å²) >= 11 is 0. The Hall–Kier alpha value is -2.70. The highest BCUT2D eigenvalue weighted by Crippen LogP contribution is 2.52. The third-order valence-electron chi connectivity index (χ3n) is 3.23. The number of carbonyl (C=O) groups is 1. The van der Waals surface area contributed by atoms with Crippen LogP contribution in [0.15, 0.2) is 18.2 Å². The van der Waals surface area contributed by atoms with E-state index in [0.29, 0.717) is 18.2 Å². The van der Waals surface area contributed by atoms with Gasteiger partial charge in [0.15, 0.2) is 0 Å². The molecule has 1 aromatic rings. The van der Waals surface area contributed by atoms with E-state index in [4.69, 9.17) is 10.4 Å². The molecule has 4 N–H and O–H groups in total. The molecule has 18 heteroatoms. The van der Waals surface area contributed by atoms with E-state index in [-0.39, 0.29) is 5.32 Å². The van der Waals surface area contributed by atoms with E-state index < -0.39 is 57.6 Å². The number of anilines is 3. The lowest BCUT2D eigenvalue weighted by Gasteiger charge is -2.39. The van der Waals surface area contributed by atoms with E-state index in [9.17, 15) is 54.7 Å². The number of amides is 2. The Labute approximate surface area is 153 Å². The van der Waals surface area contributed by atoms with Gasteiger partial charge in [-0.1, -0.05) is 0 Å². The maximum absolute atomic E-state index is 12.8. The van der Waals surface area contributed by atoms with E-state index in [1.807, 2.05) is 0 Å². The van der Waals surface area contributed by atoms with E-state index in [0.717, 1.165) is 5.32 Å². The number of nitrogens with zero attached hydrogens (tertiary/aromatic N) is 2. The van der Waals surface area contributed by atoms with Gasteiger partial charge in [-0.3, -0.25) is 10.4 Å². The van der Waals surface area contributed by atoms with Crippen molar-refractivity contribution in [1.82, 2.24) is 5.32 Å². The van der Waals surface area contributed by atoms with Gasteiger partial charge in [-0.05, 0) is 18.2 Å². The van der Waals surface area contributed by atoms with Crippen molar-refractivity contribution in [2.45, 2.75) is 24.1 Å². The maximum Gasteiger partial charge on any atom is 0.429 e. The Bertz CT molecular complexity index is 712. The van der Waals surface area contributed by atoms with Crippen LogP contribution < -0.4 is 21.1 Å². The predicted molar refractivity (Wildman–Crippen MR) is 74.8 cm³/mol. The van der Waals surface area contributed by atoms with Crippen molar-refractivity contribution < 1.29 is 54.7 Å². The molecule has 0 heterocycles. The second kappa shape index (κ2) is 7.61. The quantitative estimate of drug-likeness (QED) is 0.410. The molecule has 0 radical (unpaired) electrons. The topological polar surface area (TPSA) is 134 Å². The van der Waals surface area contributed by atoms with Crippen LogP contribution >= 0.6 is 0 Å². The van der Waals surface area contributed by atoms with Crippen LogP contribution in [-0.4, -0.2) is 40.5 Å². The lowest BCUT2D eigenvalue weighted by atomic mass is 9.97. The number of rotatable bonds is 4. The summed E-state index contributed by atoms with van der Waals surface area (Å²) in [5.41, 5.74) is -9.80. The Morgan fingerprint density at radius 1 is 0.897 bits per heavy atom. The summed E-state index contributed by atoms with van der Waals surface area (Å²) in [6, 6.07) is -1.51. The number of benzene rings is 1. The molecule has 1 aromatic carbocycles. The van der Waals surface area contributed by atoms with Crippen LogP contribution in [0.3, 0.4) is 0 Å². The molecule has 9 nitrogen and oxygen atoms in total. The first-order valence-corrected chi connectivity index (χ1v) is 6.61. The summed E-state index contributed by atoms with van der Waals surface area (Å²) < 4.78 is 115. The van der Waals surface area contributed by atoms with Crippen LogP contribution in [0.2, 0.25) is 0 Å². The zero-order valence-corrected chi connectivity index (χ0v) is 13.1. The number of alkyl halides is 9. The molecule has 2 amide bonds. The third-order valence-corrected chi connectivity index (χ3v) is 3.23. The largest absolute Gasteiger partial charge is 0.769 e. The molecule has 29 heavy (non-hydrogen) atoms. The Balaban J connectivity index is 3.38. The Morgan fingerprint density at radius 2 is 1.34 bits per heavy atom. The van der Waals surface area contributed by atoms with E-state index in [1.54, 1.807) is 0 Å². The molecule has 0 saturated carbocycles. The average molecular weight is 446 g/mol. The van der Waals surface area contributed by atoms with Gasteiger partial charge in [0, 0.05) is 5.69 Å². The molecule has 166 valence electrons. The first-order valence-electron chi connectivity index (χ1n) is 6.61. The van der Waals surface area contributed by atoms with Crippen molar-refractivity contribution in [3.05, 3.63) is 28.6 Å². The summed E-state index contributed by atoms with van der Waals surface area (Å²) in [5, 5.41) is 37.8. The number of halogens is 9. The van der Waals surface area contributed by atoms with E-state index >= 15 is 0 Å². The van der Waals surface area contributed by atoms with Crippen LogP contribution in [0.5, 0.6) is 0 Å². The van der Waals surface area contributed by atoms with Crippen LogP contribution in [-0.2, 0) is 0 Å². The summed E-state index contributed by atoms with van der Waals surface area (Å²) in [7, 11) is 0. The predicted octanol–water partition coefficient (Wildman–Crippen LogP) is 3.62. The standard InChI is InChI=1S/C11H7F9N4O5/c12-9(13,14)8(10(15,16)17,11(18,19)20)22-7(25)21-5-2-1-4(23(26)27)3-6(5)24(28)29/h1-3,28-29H,(H2,21,22,25)/q-2. The van der Waals surface area contributed by atoms with Crippen LogP contribution in [0.25, 0.3) is 0 Å². The van der Waals surface area contributed by atoms with Crippen LogP contribution in [0, 0.1) is 10.4 Å². The minimum Gasteiger partial charge on any atom is -0.769 e. The fraction of sp³-hybridized carbons (Fsp3) is 0.364. The van der Waals surface area contributed by atoms with Gasteiger partial charge in [0.25, 0.3) is 0 Å². The molecular formula is C11H7F9N4O5-2. The lowest BCUT2D eigenvalue weighted by molar-refractivity contribution is -0.386. The van der Waals surface area contributed by atoms with Crippen LogP contribution in [0.1, 0.15) is 0 Å². The number of nitrogens with one attached hydrogen (secondary N) is 2. The van der Waals surface area contributed by atoms with Gasteiger partial charge in [0.1, 0.15) is 5.69 Å². The molecule has 0 spiro atoms. The van der Waals surface area contributed by atoms with Gasteiger partial charge in [0.2, 0.25) is 0 Å². The molecular weight excluding hydrogens is 439 g/mol. The molecule has 0 atom stereocenters. The molecule has 0 saturated heterocycles. The fourth-order valence-corrected chi connectivity index (χ4v) is 1.92. The minimum atomic E-state index is -7.08. The van der Waals surface area contributed by atoms with Crippen molar-refractivity contribution >= 4 is 23.1 Å². The highest BCUT2D eigenvalue weighted by molar-refractivity contribution is 5.94. The molecule has 1 rings (SSSR count). The molecule has 0 fully saturated rings. The first-order chi connectivity index (χ1) is 12.8. The first kappa shape index (κ1) is 24.3. The number of urea groups is 1. The Kier molecular flexibility index (Phi) is 6.39. The third kappa shape index (κ3) is 4.66. The maximum atomic E-state index is 12.8. The summed E-state index contributed by atoms with van der Waals surface area (Å²) in [6.45, 7) is 0. The highest BCUT2D eigenvalue weighted by atomic mass is 19.4. The molecule has 0 aliphatic rings. The highest BCUT2D eigenvalue weighted by Gasteiger charge is 2.84. The zero-order valence-electron chi connectivity index (χ0n) is 13.1. The van der Waals surface area contributed by atoms with E-state index in [2.05, 4.69) is 0 Å². The summed E-state index contributed by atoms with van der Waals surface area (Å²) in [4.78, 5) is 11.5. The van der Waals surface area contributed by atoms with Gasteiger partial charge in [-0.2, -0.15) is 39.5 Å². The molecule has 0 aromatic heterocycles. The van der Waals surface area contributed by atoms with Gasteiger partial charge < -0.3 is 26.3 Å². The van der Waals surface area contributed by atoms with Crippen molar-refractivity contribution in [3.8, 4) is 0 Å². The van der Waals surface area contributed by atoms with Gasteiger partial charge >= 0.3 is 30.1 Å². The molecule has 0 aliphatic carbocycles. The second-order valence-corrected chi connectivity index (χ2v) is 5.07. The van der Waals surface area contributed by atoms with Crippen molar-refractivity contribution in [3.63, 3.8) is 0 Å². The zero-order chi connectivity index (χ0) is 23.0. The minimum absolute atomic E-state index is 0.238. The number of hydrogen-bond acceptors (Lipinski definition) is 7. The smallest absolute Gasteiger partial charge is 0.429 e. The molecule has 0 bridgehead atoms. The van der Waals surface area contributed by atoms with Crippen LogP contribution in [0.4, 0.5) is 61.4 Å². The molecule has 0 aliphatic heterocycles. The summed E-state index contributed by atoms with van der Waals surface area (Å²) in [5.74, 6) is 0.